The van der Waals surface area contributed by atoms with Gasteiger partial charge in [-0.1, -0.05) is 0 Å². The van der Waals surface area contributed by atoms with Crippen molar-refractivity contribution in [2.24, 2.45) is 10.9 Å². The molecule has 1 aromatic carbocycles. The van der Waals surface area contributed by atoms with Crippen LogP contribution in [0.5, 0.6) is 0 Å². The third kappa shape index (κ3) is 2.80. The predicted octanol–water partition coefficient (Wildman–Crippen LogP) is 3.10. The summed E-state index contributed by atoms with van der Waals surface area (Å²) in [4.78, 5) is 15.4. The van der Waals surface area contributed by atoms with E-state index in [9.17, 15) is 18.0 Å². The SMILES string of the molecule is O=C(O)C1CCC2OC(c3ccc(C(F)(F)F)cc3)=NC2C1. The monoisotopic (exact) mass is 313 g/mol. The molecule has 3 unspecified atom stereocenters. The summed E-state index contributed by atoms with van der Waals surface area (Å²) in [5.74, 6) is -0.966. The Morgan fingerprint density at radius 3 is 2.50 bits per heavy atom. The van der Waals surface area contributed by atoms with Gasteiger partial charge in [-0.05, 0) is 43.5 Å². The molecule has 118 valence electrons. The summed E-state index contributed by atoms with van der Waals surface area (Å²) in [6.07, 6.45) is -3.02. The number of carboxylic acids is 1. The number of ether oxygens (including phenoxy) is 1. The van der Waals surface area contributed by atoms with E-state index in [1.807, 2.05) is 0 Å². The molecule has 0 aromatic heterocycles. The number of benzene rings is 1. The van der Waals surface area contributed by atoms with Crippen LogP contribution in [0.25, 0.3) is 0 Å². The lowest BCUT2D eigenvalue weighted by atomic mass is 9.84. The van der Waals surface area contributed by atoms with Crippen molar-refractivity contribution in [3.63, 3.8) is 0 Å². The van der Waals surface area contributed by atoms with E-state index in [1.54, 1.807) is 0 Å². The average Bonchev–Trinajstić information content (AvgIpc) is 2.89. The first-order chi connectivity index (χ1) is 10.3. The molecule has 0 spiro atoms. The van der Waals surface area contributed by atoms with Gasteiger partial charge >= 0.3 is 12.1 Å². The quantitative estimate of drug-likeness (QED) is 0.912. The second kappa shape index (κ2) is 5.30. The lowest BCUT2D eigenvalue weighted by Gasteiger charge is -2.26. The van der Waals surface area contributed by atoms with Gasteiger partial charge in [0.1, 0.15) is 6.10 Å². The number of rotatable bonds is 2. The van der Waals surface area contributed by atoms with Crippen LogP contribution in [0, 0.1) is 5.92 Å². The Labute approximate surface area is 124 Å². The van der Waals surface area contributed by atoms with Crippen molar-refractivity contribution in [1.29, 1.82) is 0 Å². The molecule has 0 amide bonds. The molecular formula is C15H14F3NO3. The van der Waals surface area contributed by atoms with E-state index in [4.69, 9.17) is 9.84 Å². The van der Waals surface area contributed by atoms with E-state index >= 15 is 0 Å². The zero-order valence-corrected chi connectivity index (χ0v) is 11.5. The predicted molar refractivity (Wildman–Crippen MR) is 71.6 cm³/mol. The van der Waals surface area contributed by atoms with Crippen molar-refractivity contribution in [2.45, 2.75) is 37.6 Å². The molecule has 22 heavy (non-hydrogen) atoms. The standard InChI is InChI=1S/C15H14F3NO3/c16-15(17,18)10-4-1-8(2-5-10)13-19-11-7-9(14(20)21)3-6-12(11)22-13/h1-2,4-5,9,11-12H,3,6-7H2,(H,20,21). The Morgan fingerprint density at radius 1 is 1.23 bits per heavy atom. The van der Waals surface area contributed by atoms with E-state index in [-0.39, 0.29) is 12.1 Å². The maximum Gasteiger partial charge on any atom is 0.416 e. The summed E-state index contributed by atoms with van der Waals surface area (Å²) in [5.41, 5.74) is -0.243. The van der Waals surface area contributed by atoms with Crippen molar-refractivity contribution < 1.29 is 27.8 Å². The van der Waals surface area contributed by atoms with Gasteiger partial charge in [0.25, 0.3) is 0 Å². The van der Waals surface area contributed by atoms with E-state index in [2.05, 4.69) is 4.99 Å². The molecule has 1 aromatic rings. The zero-order valence-electron chi connectivity index (χ0n) is 11.5. The number of aliphatic imine (C=N–C) groups is 1. The fourth-order valence-electron chi connectivity index (χ4n) is 2.89. The highest BCUT2D eigenvalue weighted by molar-refractivity contribution is 5.95. The van der Waals surface area contributed by atoms with Gasteiger partial charge in [-0.2, -0.15) is 13.2 Å². The van der Waals surface area contributed by atoms with Crippen LogP contribution in [0.15, 0.2) is 29.3 Å². The van der Waals surface area contributed by atoms with E-state index in [1.165, 1.54) is 12.1 Å². The number of alkyl halides is 3. The first-order valence-corrected chi connectivity index (χ1v) is 6.99. The van der Waals surface area contributed by atoms with Gasteiger partial charge in [0.2, 0.25) is 5.90 Å². The molecular weight excluding hydrogens is 299 g/mol. The maximum absolute atomic E-state index is 12.5. The number of carboxylic acid groups (broad SMARTS) is 1. The van der Waals surface area contributed by atoms with Gasteiger partial charge in [0.05, 0.1) is 17.5 Å². The summed E-state index contributed by atoms with van der Waals surface area (Å²) in [7, 11) is 0. The first-order valence-electron chi connectivity index (χ1n) is 6.99. The van der Waals surface area contributed by atoms with Crippen LogP contribution in [0.3, 0.4) is 0 Å². The highest BCUT2D eigenvalue weighted by Crippen LogP contribution is 2.34. The smallest absolute Gasteiger partial charge is 0.416 e. The van der Waals surface area contributed by atoms with Crippen LogP contribution in [-0.4, -0.2) is 29.1 Å². The van der Waals surface area contributed by atoms with Crippen LogP contribution in [-0.2, 0) is 15.7 Å². The number of halogens is 3. The summed E-state index contributed by atoms with van der Waals surface area (Å²) in [6, 6.07) is 4.40. The van der Waals surface area contributed by atoms with Gasteiger partial charge in [0.15, 0.2) is 0 Å². The minimum atomic E-state index is -4.38. The second-order valence-electron chi connectivity index (χ2n) is 5.58. The molecule has 1 heterocycles. The molecule has 0 bridgehead atoms. The van der Waals surface area contributed by atoms with Crippen molar-refractivity contribution >= 4 is 11.9 Å². The van der Waals surface area contributed by atoms with Gasteiger partial charge < -0.3 is 9.84 Å². The Balaban J connectivity index is 1.76. The molecule has 1 fully saturated rings. The first kappa shape index (κ1) is 14.9. The molecule has 0 radical (unpaired) electrons. The van der Waals surface area contributed by atoms with Crippen molar-refractivity contribution in [1.82, 2.24) is 0 Å². The zero-order chi connectivity index (χ0) is 15.9. The summed E-state index contributed by atoms with van der Waals surface area (Å²) < 4.78 is 43.3. The third-order valence-corrected chi connectivity index (χ3v) is 4.11. The molecule has 1 aliphatic carbocycles. The summed E-state index contributed by atoms with van der Waals surface area (Å²) in [5, 5.41) is 9.05. The van der Waals surface area contributed by atoms with Crippen LogP contribution >= 0.6 is 0 Å². The topological polar surface area (TPSA) is 58.9 Å². The van der Waals surface area contributed by atoms with Crippen molar-refractivity contribution in [2.75, 3.05) is 0 Å². The molecule has 7 heteroatoms. The Morgan fingerprint density at radius 2 is 1.91 bits per heavy atom. The molecule has 1 aliphatic heterocycles. The maximum atomic E-state index is 12.5. The van der Waals surface area contributed by atoms with E-state index in [0.717, 1.165) is 12.1 Å². The number of carbonyl (C=O) groups is 1. The molecule has 3 rings (SSSR count). The summed E-state index contributed by atoms with van der Waals surface area (Å²) in [6.45, 7) is 0. The molecule has 1 saturated carbocycles. The van der Waals surface area contributed by atoms with Crippen LogP contribution < -0.4 is 0 Å². The molecule has 4 nitrogen and oxygen atoms in total. The number of aliphatic carboxylic acids is 1. The third-order valence-electron chi connectivity index (χ3n) is 4.11. The Hall–Kier alpha value is -2.05. The number of hydrogen-bond acceptors (Lipinski definition) is 3. The fourth-order valence-corrected chi connectivity index (χ4v) is 2.89. The van der Waals surface area contributed by atoms with Gasteiger partial charge in [-0.15, -0.1) is 0 Å². The number of nitrogens with zero attached hydrogens (tertiary/aromatic N) is 1. The van der Waals surface area contributed by atoms with Crippen molar-refractivity contribution in [3.8, 4) is 0 Å². The lowest BCUT2D eigenvalue weighted by Crippen LogP contribution is -2.33. The van der Waals surface area contributed by atoms with Crippen molar-refractivity contribution in [3.05, 3.63) is 35.4 Å². The summed E-state index contributed by atoms with van der Waals surface area (Å²) >= 11 is 0. The second-order valence-corrected chi connectivity index (χ2v) is 5.58. The van der Waals surface area contributed by atoms with Gasteiger partial charge in [-0.25, -0.2) is 4.99 Å². The largest absolute Gasteiger partial charge is 0.481 e. The van der Waals surface area contributed by atoms with Gasteiger partial charge in [-0.3, -0.25) is 4.79 Å². The Bertz CT molecular complexity index is 609. The van der Waals surface area contributed by atoms with Crippen LogP contribution in [0.4, 0.5) is 13.2 Å². The van der Waals surface area contributed by atoms with E-state index < -0.39 is 23.6 Å². The minimum absolute atomic E-state index is 0.173. The number of hydrogen-bond donors (Lipinski definition) is 1. The minimum Gasteiger partial charge on any atom is -0.481 e. The van der Waals surface area contributed by atoms with Crippen LogP contribution in [0.1, 0.15) is 30.4 Å². The average molecular weight is 313 g/mol. The molecule has 2 aliphatic rings. The molecule has 1 N–H and O–H groups in total. The van der Waals surface area contributed by atoms with E-state index in [0.29, 0.717) is 30.7 Å². The normalized spacial score (nSPS) is 27.8. The Kier molecular flexibility index (Phi) is 3.58. The molecule has 0 saturated heterocycles. The highest BCUT2D eigenvalue weighted by Gasteiger charge is 2.39. The molecule has 3 atom stereocenters. The van der Waals surface area contributed by atoms with Gasteiger partial charge in [0, 0.05) is 5.56 Å². The fraction of sp³-hybridized carbons (Fsp3) is 0.467. The lowest BCUT2D eigenvalue weighted by molar-refractivity contribution is -0.143. The van der Waals surface area contributed by atoms with Crippen LogP contribution in [0.2, 0.25) is 0 Å². The highest BCUT2D eigenvalue weighted by atomic mass is 19.4. The number of fused-ring (bicyclic) bond motifs is 1.